The predicted octanol–water partition coefficient (Wildman–Crippen LogP) is 1.50. The van der Waals surface area contributed by atoms with E-state index < -0.39 is 0 Å². The van der Waals surface area contributed by atoms with Crippen LogP contribution in [0.5, 0.6) is 0 Å². The van der Waals surface area contributed by atoms with Crippen LogP contribution in [-0.4, -0.2) is 42.1 Å². The Bertz CT molecular complexity index is 525. The second kappa shape index (κ2) is 5.87. The van der Waals surface area contributed by atoms with Crippen molar-refractivity contribution >= 4 is 17.5 Å². The summed E-state index contributed by atoms with van der Waals surface area (Å²) in [6.07, 6.45) is 4.56. The first-order chi connectivity index (χ1) is 10.2. The Hall–Kier alpha value is -1.85. The SMILES string of the molecule is CCNc1cc(N(C)CC(=O)NC2CC2)nc(C2CC2)n1. The summed E-state index contributed by atoms with van der Waals surface area (Å²) in [5, 5.41) is 6.25. The molecule has 3 rings (SSSR count). The molecule has 2 N–H and O–H groups in total. The number of nitrogens with zero attached hydrogens (tertiary/aromatic N) is 3. The van der Waals surface area contributed by atoms with Crippen molar-refractivity contribution in [2.75, 3.05) is 30.4 Å². The van der Waals surface area contributed by atoms with Crippen LogP contribution in [0.25, 0.3) is 0 Å². The van der Waals surface area contributed by atoms with Crippen molar-refractivity contribution < 1.29 is 4.79 Å². The Labute approximate surface area is 125 Å². The van der Waals surface area contributed by atoms with Gasteiger partial charge in [0.2, 0.25) is 5.91 Å². The van der Waals surface area contributed by atoms with Crippen molar-refractivity contribution in [1.29, 1.82) is 0 Å². The minimum absolute atomic E-state index is 0.0663. The third kappa shape index (κ3) is 3.83. The van der Waals surface area contributed by atoms with E-state index in [1.165, 1.54) is 12.8 Å². The highest BCUT2D eigenvalue weighted by molar-refractivity contribution is 5.81. The van der Waals surface area contributed by atoms with Gasteiger partial charge in [-0.05, 0) is 32.6 Å². The molecule has 2 fully saturated rings. The Morgan fingerprint density at radius 3 is 2.71 bits per heavy atom. The number of rotatable bonds is 7. The van der Waals surface area contributed by atoms with Crippen LogP contribution in [0.4, 0.5) is 11.6 Å². The molecule has 0 unspecified atom stereocenters. The third-order valence-corrected chi connectivity index (χ3v) is 3.74. The van der Waals surface area contributed by atoms with Gasteiger partial charge in [0.1, 0.15) is 17.5 Å². The monoisotopic (exact) mass is 289 g/mol. The number of likely N-dealkylation sites (N-methyl/N-ethyl adjacent to an activating group) is 1. The fourth-order valence-electron chi connectivity index (χ4n) is 2.24. The molecule has 0 bridgehead atoms. The lowest BCUT2D eigenvalue weighted by Crippen LogP contribution is -2.36. The van der Waals surface area contributed by atoms with Gasteiger partial charge >= 0.3 is 0 Å². The first-order valence-corrected chi connectivity index (χ1v) is 7.79. The van der Waals surface area contributed by atoms with E-state index in [2.05, 4.69) is 20.6 Å². The van der Waals surface area contributed by atoms with E-state index in [0.717, 1.165) is 36.8 Å². The molecule has 0 aromatic carbocycles. The first-order valence-electron chi connectivity index (χ1n) is 7.79. The highest BCUT2D eigenvalue weighted by Crippen LogP contribution is 2.39. The fourth-order valence-corrected chi connectivity index (χ4v) is 2.24. The minimum atomic E-state index is 0.0663. The topological polar surface area (TPSA) is 70.2 Å². The van der Waals surface area contributed by atoms with E-state index in [1.54, 1.807) is 0 Å². The summed E-state index contributed by atoms with van der Waals surface area (Å²) in [6.45, 7) is 3.21. The highest BCUT2D eigenvalue weighted by Gasteiger charge is 2.28. The van der Waals surface area contributed by atoms with Gasteiger partial charge in [-0.3, -0.25) is 4.79 Å². The number of anilines is 2. The van der Waals surface area contributed by atoms with Crippen LogP contribution in [0.2, 0.25) is 0 Å². The van der Waals surface area contributed by atoms with Crippen LogP contribution < -0.4 is 15.5 Å². The zero-order valence-corrected chi connectivity index (χ0v) is 12.7. The second-order valence-corrected chi connectivity index (χ2v) is 5.97. The molecule has 2 aliphatic carbocycles. The van der Waals surface area contributed by atoms with Gasteiger partial charge in [-0.25, -0.2) is 9.97 Å². The molecule has 6 nitrogen and oxygen atoms in total. The lowest BCUT2D eigenvalue weighted by Gasteiger charge is -2.19. The molecule has 2 saturated carbocycles. The second-order valence-electron chi connectivity index (χ2n) is 5.97. The van der Waals surface area contributed by atoms with Crippen LogP contribution in [0, 0.1) is 0 Å². The molecule has 1 aromatic heterocycles. The number of amides is 1. The zero-order chi connectivity index (χ0) is 14.8. The Morgan fingerprint density at radius 2 is 2.10 bits per heavy atom. The van der Waals surface area contributed by atoms with E-state index in [9.17, 15) is 4.79 Å². The van der Waals surface area contributed by atoms with Crippen molar-refractivity contribution in [2.45, 2.75) is 44.6 Å². The largest absolute Gasteiger partial charge is 0.370 e. The summed E-state index contributed by atoms with van der Waals surface area (Å²) >= 11 is 0. The van der Waals surface area contributed by atoms with Crippen LogP contribution in [0.15, 0.2) is 6.07 Å². The maximum Gasteiger partial charge on any atom is 0.239 e. The van der Waals surface area contributed by atoms with Gasteiger partial charge < -0.3 is 15.5 Å². The molecular formula is C15H23N5O. The molecule has 21 heavy (non-hydrogen) atoms. The average molecular weight is 289 g/mol. The van der Waals surface area contributed by atoms with Gasteiger partial charge in [-0.1, -0.05) is 0 Å². The van der Waals surface area contributed by atoms with Crippen LogP contribution in [0.1, 0.15) is 44.3 Å². The van der Waals surface area contributed by atoms with E-state index in [-0.39, 0.29) is 5.91 Å². The van der Waals surface area contributed by atoms with Gasteiger partial charge in [0.25, 0.3) is 0 Å². The summed E-state index contributed by atoms with van der Waals surface area (Å²) in [5.41, 5.74) is 0. The van der Waals surface area contributed by atoms with Gasteiger partial charge in [0.05, 0.1) is 6.54 Å². The maximum atomic E-state index is 11.9. The Balaban J connectivity index is 1.70. The molecule has 0 atom stereocenters. The Kier molecular flexibility index (Phi) is 3.94. The quantitative estimate of drug-likeness (QED) is 0.796. The molecule has 1 amide bonds. The number of aromatic nitrogens is 2. The molecular weight excluding hydrogens is 266 g/mol. The maximum absolute atomic E-state index is 11.9. The lowest BCUT2D eigenvalue weighted by atomic mass is 10.3. The number of nitrogens with one attached hydrogen (secondary N) is 2. The number of hydrogen-bond donors (Lipinski definition) is 2. The normalized spacial score (nSPS) is 17.4. The third-order valence-electron chi connectivity index (χ3n) is 3.74. The van der Waals surface area contributed by atoms with Gasteiger partial charge in [-0.2, -0.15) is 0 Å². The number of carbonyl (C=O) groups excluding carboxylic acids is 1. The fraction of sp³-hybridized carbons (Fsp3) is 0.667. The number of hydrogen-bond acceptors (Lipinski definition) is 5. The van der Waals surface area contributed by atoms with Gasteiger partial charge in [0.15, 0.2) is 0 Å². The van der Waals surface area contributed by atoms with Crippen LogP contribution in [-0.2, 0) is 4.79 Å². The van der Waals surface area contributed by atoms with Crippen molar-refractivity contribution in [3.8, 4) is 0 Å². The lowest BCUT2D eigenvalue weighted by molar-refractivity contribution is -0.119. The molecule has 0 aliphatic heterocycles. The van der Waals surface area contributed by atoms with Gasteiger partial charge in [0, 0.05) is 31.6 Å². The van der Waals surface area contributed by atoms with E-state index in [4.69, 9.17) is 0 Å². The van der Waals surface area contributed by atoms with Crippen LogP contribution in [0.3, 0.4) is 0 Å². The smallest absolute Gasteiger partial charge is 0.239 e. The summed E-state index contributed by atoms with van der Waals surface area (Å²) in [4.78, 5) is 23.0. The molecule has 0 saturated heterocycles. The molecule has 114 valence electrons. The zero-order valence-electron chi connectivity index (χ0n) is 12.7. The Morgan fingerprint density at radius 1 is 1.33 bits per heavy atom. The standard InChI is InChI=1S/C15H23N5O/c1-3-16-12-8-13(19-15(18-12)10-4-5-10)20(2)9-14(21)17-11-6-7-11/h8,10-11H,3-7,9H2,1-2H3,(H,17,21)(H,16,18,19). The summed E-state index contributed by atoms with van der Waals surface area (Å²) in [6, 6.07) is 2.32. The molecule has 0 radical (unpaired) electrons. The summed E-state index contributed by atoms with van der Waals surface area (Å²) in [7, 11) is 1.90. The van der Waals surface area contributed by atoms with E-state index in [1.807, 2.05) is 24.9 Å². The molecule has 2 aliphatic rings. The van der Waals surface area contributed by atoms with Crippen LogP contribution >= 0.6 is 0 Å². The average Bonchev–Trinajstić information content (AvgIpc) is 3.32. The summed E-state index contributed by atoms with van der Waals surface area (Å²) in [5.74, 6) is 3.12. The number of carbonyl (C=O) groups is 1. The minimum Gasteiger partial charge on any atom is -0.370 e. The molecule has 6 heteroatoms. The van der Waals surface area contributed by atoms with Crippen molar-refractivity contribution in [3.05, 3.63) is 11.9 Å². The van der Waals surface area contributed by atoms with Crippen molar-refractivity contribution in [3.63, 3.8) is 0 Å². The van der Waals surface area contributed by atoms with Crippen molar-refractivity contribution in [2.24, 2.45) is 0 Å². The molecule has 0 spiro atoms. The van der Waals surface area contributed by atoms with Gasteiger partial charge in [-0.15, -0.1) is 0 Å². The summed E-state index contributed by atoms with van der Waals surface area (Å²) < 4.78 is 0. The molecule has 1 heterocycles. The van der Waals surface area contributed by atoms with Crippen molar-refractivity contribution in [1.82, 2.24) is 15.3 Å². The van der Waals surface area contributed by atoms with E-state index in [0.29, 0.717) is 18.5 Å². The highest BCUT2D eigenvalue weighted by atomic mass is 16.2. The predicted molar refractivity (Wildman–Crippen MR) is 82.6 cm³/mol. The first kappa shape index (κ1) is 14.1. The molecule has 1 aromatic rings. The van der Waals surface area contributed by atoms with E-state index >= 15 is 0 Å².